The zero-order valence-corrected chi connectivity index (χ0v) is 13.1. The van der Waals surface area contributed by atoms with Crippen molar-refractivity contribution in [3.8, 4) is 0 Å². The number of anilines is 1. The molecule has 0 unspecified atom stereocenters. The van der Waals surface area contributed by atoms with Crippen LogP contribution in [0.1, 0.15) is 22.7 Å². The summed E-state index contributed by atoms with van der Waals surface area (Å²) in [5.41, 5.74) is 1.88. The highest BCUT2D eigenvalue weighted by Gasteiger charge is 2.23. The van der Waals surface area contributed by atoms with Gasteiger partial charge < -0.3 is 14.7 Å². The first-order valence-corrected chi connectivity index (χ1v) is 7.71. The molecule has 0 aliphatic carbocycles. The van der Waals surface area contributed by atoms with Crippen molar-refractivity contribution in [3.63, 3.8) is 0 Å². The number of carbonyl (C=O) groups is 1. The van der Waals surface area contributed by atoms with Gasteiger partial charge in [-0.15, -0.1) is 0 Å². The summed E-state index contributed by atoms with van der Waals surface area (Å²) in [6.45, 7) is 4.35. The molecule has 1 fully saturated rings. The number of hydrogen-bond donors (Lipinski definition) is 1. The van der Waals surface area contributed by atoms with Gasteiger partial charge in [0.25, 0.3) is 5.91 Å². The molecule has 1 aliphatic heterocycles. The molecule has 1 N–H and O–H groups in total. The summed E-state index contributed by atoms with van der Waals surface area (Å²) in [4.78, 5) is 14.2. The Kier molecular flexibility index (Phi) is 4.34. The van der Waals surface area contributed by atoms with Crippen LogP contribution in [0.2, 0.25) is 5.02 Å². The van der Waals surface area contributed by atoms with E-state index in [-0.39, 0.29) is 11.7 Å². The maximum absolute atomic E-state index is 11.9. The molecule has 116 valence electrons. The Morgan fingerprint density at radius 3 is 2.91 bits per heavy atom. The third-order valence-corrected chi connectivity index (χ3v) is 4.13. The molecule has 1 aliphatic rings. The van der Waals surface area contributed by atoms with Gasteiger partial charge in [0.05, 0.1) is 5.69 Å². The lowest BCUT2D eigenvalue weighted by molar-refractivity contribution is 0.0911. The van der Waals surface area contributed by atoms with Crippen LogP contribution in [0.25, 0.3) is 0 Å². The summed E-state index contributed by atoms with van der Waals surface area (Å²) in [5, 5.41) is 7.38. The second-order valence-electron chi connectivity index (χ2n) is 5.62. The van der Waals surface area contributed by atoms with E-state index >= 15 is 0 Å². The number of benzene rings is 1. The Labute approximate surface area is 134 Å². The number of aromatic nitrogens is 1. The number of nitrogens with one attached hydrogen (secondary N) is 1. The van der Waals surface area contributed by atoms with Gasteiger partial charge in [0.1, 0.15) is 0 Å². The summed E-state index contributed by atoms with van der Waals surface area (Å²) in [7, 11) is 0. The Morgan fingerprint density at radius 1 is 1.45 bits per heavy atom. The Hall–Kier alpha value is -2.01. The number of hydrogen-bond acceptors (Lipinski definition) is 4. The van der Waals surface area contributed by atoms with Crippen molar-refractivity contribution < 1.29 is 9.32 Å². The molecule has 1 saturated heterocycles. The minimum absolute atomic E-state index is 0.203. The summed E-state index contributed by atoms with van der Waals surface area (Å²) in [6, 6.07) is 9.50. The van der Waals surface area contributed by atoms with Gasteiger partial charge in [-0.05, 0) is 43.5 Å². The minimum atomic E-state index is -0.203. The second kappa shape index (κ2) is 6.40. The Bertz CT molecular complexity index is 654. The monoisotopic (exact) mass is 319 g/mol. The molecule has 5 nitrogen and oxygen atoms in total. The fourth-order valence-corrected chi connectivity index (χ4v) is 2.81. The van der Waals surface area contributed by atoms with E-state index in [2.05, 4.69) is 15.4 Å². The molecule has 1 aromatic carbocycles. The number of nitrogens with zero attached hydrogens (tertiary/aromatic N) is 2. The predicted octanol–water partition coefficient (Wildman–Crippen LogP) is 2.89. The molecular formula is C16H18ClN3O2. The molecule has 22 heavy (non-hydrogen) atoms. The van der Waals surface area contributed by atoms with Crippen molar-refractivity contribution in [1.29, 1.82) is 0 Å². The smallest absolute Gasteiger partial charge is 0.289 e. The fourth-order valence-electron chi connectivity index (χ4n) is 2.68. The van der Waals surface area contributed by atoms with Gasteiger partial charge in [0, 0.05) is 36.4 Å². The fraction of sp³-hybridized carbons (Fsp3) is 0.375. The normalized spacial score (nSPS) is 17.7. The highest BCUT2D eigenvalue weighted by Crippen LogP contribution is 2.24. The number of halogens is 1. The topological polar surface area (TPSA) is 58.4 Å². The molecule has 0 spiro atoms. The van der Waals surface area contributed by atoms with E-state index < -0.39 is 0 Å². The molecule has 0 saturated carbocycles. The first kappa shape index (κ1) is 14.9. The minimum Gasteiger partial charge on any atom is -0.371 e. The van der Waals surface area contributed by atoms with Crippen molar-refractivity contribution in [2.75, 3.05) is 24.5 Å². The number of rotatable bonds is 4. The summed E-state index contributed by atoms with van der Waals surface area (Å²) in [6.07, 6.45) is 1.05. The molecule has 0 bridgehead atoms. The highest BCUT2D eigenvalue weighted by atomic mass is 35.5. The zero-order valence-electron chi connectivity index (χ0n) is 12.4. The van der Waals surface area contributed by atoms with Crippen LogP contribution in [0.5, 0.6) is 0 Å². The third-order valence-electron chi connectivity index (χ3n) is 3.88. The standard InChI is InChI=1S/C16H18ClN3O2/c1-11-8-15(22-19-11)16(21)18-9-12-6-7-20(10-12)14-4-2-13(17)3-5-14/h2-5,8,12H,6-7,9-10H2,1H3,(H,18,21)/t12-/m0/s1. The van der Waals surface area contributed by atoms with Crippen molar-refractivity contribution >= 4 is 23.2 Å². The maximum Gasteiger partial charge on any atom is 0.289 e. The SMILES string of the molecule is Cc1cc(C(=O)NC[C@@H]2CCN(c3ccc(Cl)cc3)C2)on1. The van der Waals surface area contributed by atoms with Crippen LogP contribution in [-0.4, -0.2) is 30.7 Å². The number of aryl methyl sites for hydroxylation is 1. The van der Waals surface area contributed by atoms with Crippen LogP contribution in [-0.2, 0) is 0 Å². The van der Waals surface area contributed by atoms with Gasteiger partial charge in [-0.1, -0.05) is 16.8 Å². The van der Waals surface area contributed by atoms with Gasteiger partial charge in [-0.2, -0.15) is 0 Å². The maximum atomic E-state index is 11.9. The molecule has 6 heteroatoms. The molecule has 0 radical (unpaired) electrons. The van der Waals surface area contributed by atoms with Crippen molar-refractivity contribution in [3.05, 3.63) is 46.8 Å². The van der Waals surface area contributed by atoms with Gasteiger partial charge >= 0.3 is 0 Å². The Morgan fingerprint density at radius 2 is 2.23 bits per heavy atom. The summed E-state index contributed by atoms with van der Waals surface area (Å²) >= 11 is 5.91. The first-order valence-electron chi connectivity index (χ1n) is 7.34. The van der Waals surface area contributed by atoms with Crippen LogP contribution in [0.15, 0.2) is 34.9 Å². The molecule has 1 atom stereocenters. The average Bonchev–Trinajstić information content (AvgIpc) is 3.15. The van der Waals surface area contributed by atoms with Crippen molar-refractivity contribution in [1.82, 2.24) is 10.5 Å². The number of amides is 1. The van der Waals surface area contributed by atoms with E-state index in [0.29, 0.717) is 18.2 Å². The third kappa shape index (κ3) is 3.42. The highest BCUT2D eigenvalue weighted by molar-refractivity contribution is 6.30. The van der Waals surface area contributed by atoms with E-state index in [1.54, 1.807) is 13.0 Å². The van der Waals surface area contributed by atoms with Gasteiger partial charge in [0.15, 0.2) is 0 Å². The molecule has 2 heterocycles. The van der Waals surface area contributed by atoms with Gasteiger partial charge in [-0.25, -0.2) is 0 Å². The molecule has 2 aromatic rings. The largest absolute Gasteiger partial charge is 0.371 e. The van der Waals surface area contributed by atoms with Gasteiger partial charge in [-0.3, -0.25) is 4.79 Å². The van der Waals surface area contributed by atoms with E-state index in [4.69, 9.17) is 16.1 Å². The molecular weight excluding hydrogens is 302 g/mol. The number of carbonyl (C=O) groups excluding carboxylic acids is 1. The van der Waals surface area contributed by atoms with Crippen LogP contribution < -0.4 is 10.2 Å². The lowest BCUT2D eigenvalue weighted by atomic mass is 10.1. The first-order chi connectivity index (χ1) is 10.6. The second-order valence-corrected chi connectivity index (χ2v) is 6.06. The molecule has 1 amide bonds. The lowest BCUT2D eigenvalue weighted by Crippen LogP contribution is -2.30. The average molecular weight is 320 g/mol. The van der Waals surface area contributed by atoms with Crippen LogP contribution in [0.3, 0.4) is 0 Å². The molecule has 1 aromatic heterocycles. The van der Waals surface area contributed by atoms with Crippen LogP contribution >= 0.6 is 11.6 Å². The van der Waals surface area contributed by atoms with Crippen LogP contribution in [0, 0.1) is 12.8 Å². The summed E-state index contributed by atoms with van der Waals surface area (Å²) in [5.74, 6) is 0.499. The Balaban J connectivity index is 1.51. The zero-order chi connectivity index (χ0) is 15.5. The van der Waals surface area contributed by atoms with Crippen molar-refractivity contribution in [2.24, 2.45) is 5.92 Å². The van der Waals surface area contributed by atoms with Crippen molar-refractivity contribution in [2.45, 2.75) is 13.3 Å². The lowest BCUT2D eigenvalue weighted by Gasteiger charge is -2.18. The van der Waals surface area contributed by atoms with E-state index in [1.807, 2.05) is 24.3 Å². The van der Waals surface area contributed by atoms with Crippen LogP contribution in [0.4, 0.5) is 5.69 Å². The van der Waals surface area contributed by atoms with E-state index in [9.17, 15) is 4.79 Å². The van der Waals surface area contributed by atoms with E-state index in [1.165, 1.54) is 5.69 Å². The predicted molar refractivity (Wildman–Crippen MR) is 85.3 cm³/mol. The quantitative estimate of drug-likeness (QED) is 0.941. The van der Waals surface area contributed by atoms with E-state index in [0.717, 1.165) is 24.5 Å². The summed E-state index contributed by atoms with van der Waals surface area (Å²) < 4.78 is 4.96. The van der Waals surface area contributed by atoms with Gasteiger partial charge in [0.2, 0.25) is 5.76 Å². The molecule has 3 rings (SSSR count).